The molecule has 0 aliphatic carbocycles. The first-order chi connectivity index (χ1) is 11.3. The number of hydrogen-bond donors (Lipinski definition) is 1. The number of hydrogen-bond acceptors (Lipinski definition) is 5. The fourth-order valence-corrected chi connectivity index (χ4v) is 2.87. The molecular formula is C17H15N3O2S. The third kappa shape index (κ3) is 3.60. The Balaban J connectivity index is 1.78. The monoisotopic (exact) mass is 325 g/mol. The van der Waals surface area contributed by atoms with Gasteiger partial charge in [-0.1, -0.05) is 42.4 Å². The van der Waals surface area contributed by atoms with E-state index in [-0.39, 0.29) is 11.9 Å². The number of amides is 1. The molecule has 0 bridgehead atoms. The van der Waals surface area contributed by atoms with E-state index in [0.29, 0.717) is 11.5 Å². The number of aromatic nitrogens is 2. The molecule has 0 fully saturated rings. The average molecular weight is 325 g/mol. The number of anilines is 1. The zero-order valence-corrected chi connectivity index (χ0v) is 13.3. The van der Waals surface area contributed by atoms with Crippen molar-refractivity contribution in [2.24, 2.45) is 0 Å². The molecule has 0 saturated carbocycles. The average Bonchev–Trinajstić information content (AvgIpc) is 3.05. The third-order valence-electron chi connectivity index (χ3n) is 3.10. The summed E-state index contributed by atoms with van der Waals surface area (Å²) in [4.78, 5) is 13.3. The van der Waals surface area contributed by atoms with E-state index in [1.54, 1.807) is 17.8 Å². The van der Waals surface area contributed by atoms with E-state index in [0.717, 1.165) is 16.2 Å². The van der Waals surface area contributed by atoms with Gasteiger partial charge in [0.25, 0.3) is 5.91 Å². The molecule has 3 aromatic rings. The Morgan fingerprint density at radius 3 is 2.61 bits per heavy atom. The zero-order valence-electron chi connectivity index (χ0n) is 12.5. The summed E-state index contributed by atoms with van der Waals surface area (Å²) in [7, 11) is 0. The minimum atomic E-state index is -0.259. The molecule has 1 heterocycles. The van der Waals surface area contributed by atoms with Crippen LogP contribution in [0.2, 0.25) is 0 Å². The van der Waals surface area contributed by atoms with Crippen molar-refractivity contribution in [2.75, 3.05) is 11.1 Å². The summed E-state index contributed by atoms with van der Waals surface area (Å²) in [6.07, 6.45) is 0. The highest BCUT2D eigenvalue weighted by molar-refractivity contribution is 7.99. The van der Waals surface area contributed by atoms with Crippen molar-refractivity contribution in [3.63, 3.8) is 0 Å². The third-order valence-corrected chi connectivity index (χ3v) is 4.05. The lowest BCUT2D eigenvalue weighted by Gasteiger charge is -2.06. The molecule has 0 aliphatic heterocycles. The van der Waals surface area contributed by atoms with Gasteiger partial charge >= 0.3 is 6.01 Å². The van der Waals surface area contributed by atoms with Crippen LogP contribution in [0.3, 0.4) is 0 Å². The summed E-state index contributed by atoms with van der Waals surface area (Å²) >= 11 is 1.62. The first kappa shape index (κ1) is 15.3. The molecule has 1 amide bonds. The van der Waals surface area contributed by atoms with Crippen molar-refractivity contribution in [2.45, 2.75) is 11.8 Å². The van der Waals surface area contributed by atoms with Crippen LogP contribution in [0.15, 0.2) is 63.9 Å². The van der Waals surface area contributed by atoms with Crippen LogP contribution in [0.1, 0.15) is 17.3 Å². The zero-order chi connectivity index (χ0) is 16.1. The number of benzene rings is 2. The fraction of sp³-hybridized carbons (Fsp3) is 0.118. The van der Waals surface area contributed by atoms with E-state index in [4.69, 9.17) is 4.42 Å². The second-order valence-electron chi connectivity index (χ2n) is 4.66. The van der Waals surface area contributed by atoms with Gasteiger partial charge in [0, 0.05) is 10.5 Å². The second kappa shape index (κ2) is 7.11. The van der Waals surface area contributed by atoms with Gasteiger partial charge in [0.1, 0.15) is 0 Å². The molecule has 2 aromatic carbocycles. The molecule has 0 spiro atoms. The molecule has 6 heteroatoms. The molecule has 0 aliphatic rings. The van der Waals surface area contributed by atoms with Gasteiger partial charge in [-0.3, -0.25) is 10.1 Å². The maximum absolute atomic E-state index is 12.4. The lowest BCUT2D eigenvalue weighted by atomic mass is 10.2. The smallest absolute Gasteiger partial charge is 0.322 e. The Kier molecular flexibility index (Phi) is 4.73. The van der Waals surface area contributed by atoms with E-state index in [1.807, 2.05) is 55.5 Å². The van der Waals surface area contributed by atoms with Crippen LogP contribution in [0.5, 0.6) is 0 Å². The summed E-state index contributed by atoms with van der Waals surface area (Å²) in [5.74, 6) is 1.00. The minimum Gasteiger partial charge on any atom is -0.403 e. The summed E-state index contributed by atoms with van der Waals surface area (Å²) in [5, 5.41) is 10.5. The molecule has 5 nitrogen and oxygen atoms in total. The Morgan fingerprint density at radius 1 is 1.09 bits per heavy atom. The van der Waals surface area contributed by atoms with Crippen molar-refractivity contribution >= 4 is 23.7 Å². The van der Waals surface area contributed by atoms with Gasteiger partial charge < -0.3 is 4.42 Å². The van der Waals surface area contributed by atoms with Gasteiger partial charge in [-0.05, 0) is 30.0 Å². The number of nitrogens with zero attached hydrogens (tertiary/aromatic N) is 2. The first-order valence-electron chi connectivity index (χ1n) is 7.20. The van der Waals surface area contributed by atoms with Crippen LogP contribution in [0.4, 0.5) is 6.01 Å². The van der Waals surface area contributed by atoms with Gasteiger partial charge in [0.05, 0.1) is 5.56 Å². The topological polar surface area (TPSA) is 68.0 Å². The van der Waals surface area contributed by atoms with Gasteiger partial charge in [-0.2, -0.15) is 0 Å². The SMILES string of the molecule is CCSc1ccccc1C(=O)Nc1nnc(-c2ccccc2)o1. The van der Waals surface area contributed by atoms with Crippen LogP contribution in [-0.2, 0) is 0 Å². The molecule has 0 atom stereocenters. The molecular weight excluding hydrogens is 310 g/mol. The summed E-state index contributed by atoms with van der Waals surface area (Å²) in [6, 6.07) is 16.9. The Bertz CT molecular complexity index is 802. The predicted molar refractivity (Wildman–Crippen MR) is 90.5 cm³/mol. The molecule has 1 N–H and O–H groups in total. The van der Waals surface area contributed by atoms with Gasteiger partial charge in [-0.15, -0.1) is 16.9 Å². The van der Waals surface area contributed by atoms with Crippen molar-refractivity contribution in [1.29, 1.82) is 0 Å². The standard InChI is InChI=1S/C17H15N3O2S/c1-2-23-14-11-7-6-10-13(14)15(21)18-17-20-19-16(22-17)12-8-4-3-5-9-12/h3-11H,2H2,1H3,(H,18,20,21). The molecule has 23 heavy (non-hydrogen) atoms. The highest BCUT2D eigenvalue weighted by Crippen LogP contribution is 2.24. The lowest BCUT2D eigenvalue weighted by Crippen LogP contribution is -2.13. The highest BCUT2D eigenvalue weighted by Gasteiger charge is 2.15. The Labute approximate surface area is 138 Å². The van der Waals surface area contributed by atoms with Gasteiger partial charge in [0.15, 0.2) is 0 Å². The maximum atomic E-state index is 12.4. The molecule has 0 radical (unpaired) electrons. The highest BCUT2D eigenvalue weighted by atomic mass is 32.2. The number of thioether (sulfide) groups is 1. The van der Waals surface area contributed by atoms with Crippen LogP contribution in [0.25, 0.3) is 11.5 Å². The number of carbonyl (C=O) groups excluding carboxylic acids is 1. The van der Waals surface area contributed by atoms with E-state index >= 15 is 0 Å². The quantitative estimate of drug-likeness (QED) is 0.715. The normalized spacial score (nSPS) is 10.5. The Hall–Kier alpha value is -2.60. The second-order valence-corrected chi connectivity index (χ2v) is 5.97. The van der Waals surface area contributed by atoms with Crippen molar-refractivity contribution in [3.05, 3.63) is 60.2 Å². The predicted octanol–water partition coefficient (Wildman–Crippen LogP) is 4.10. The van der Waals surface area contributed by atoms with E-state index in [2.05, 4.69) is 15.5 Å². The number of nitrogens with one attached hydrogen (secondary N) is 1. The van der Waals surface area contributed by atoms with Crippen LogP contribution in [0, 0.1) is 0 Å². The maximum Gasteiger partial charge on any atom is 0.322 e. The molecule has 0 saturated heterocycles. The minimum absolute atomic E-state index is 0.0881. The van der Waals surface area contributed by atoms with Crippen molar-refractivity contribution in [3.8, 4) is 11.5 Å². The molecule has 3 rings (SSSR count). The molecule has 1 aromatic heterocycles. The van der Waals surface area contributed by atoms with E-state index in [9.17, 15) is 4.79 Å². The first-order valence-corrected chi connectivity index (χ1v) is 8.18. The van der Waals surface area contributed by atoms with Gasteiger partial charge in [0.2, 0.25) is 5.89 Å². The fourth-order valence-electron chi connectivity index (χ4n) is 2.07. The summed E-state index contributed by atoms with van der Waals surface area (Å²) in [5.41, 5.74) is 1.40. The molecule has 116 valence electrons. The summed E-state index contributed by atoms with van der Waals surface area (Å²) in [6.45, 7) is 2.05. The van der Waals surface area contributed by atoms with Crippen LogP contribution in [-0.4, -0.2) is 21.9 Å². The van der Waals surface area contributed by atoms with E-state index in [1.165, 1.54) is 0 Å². The van der Waals surface area contributed by atoms with E-state index < -0.39 is 0 Å². The Morgan fingerprint density at radius 2 is 1.83 bits per heavy atom. The largest absolute Gasteiger partial charge is 0.403 e. The summed E-state index contributed by atoms with van der Waals surface area (Å²) < 4.78 is 5.50. The van der Waals surface area contributed by atoms with Crippen LogP contribution < -0.4 is 5.32 Å². The van der Waals surface area contributed by atoms with Crippen molar-refractivity contribution in [1.82, 2.24) is 10.2 Å². The number of rotatable bonds is 5. The van der Waals surface area contributed by atoms with Crippen LogP contribution >= 0.6 is 11.8 Å². The lowest BCUT2D eigenvalue weighted by molar-refractivity contribution is 0.102. The molecule has 0 unspecified atom stereocenters. The van der Waals surface area contributed by atoms with Crippen molar-refractivity contribution < 1.29 is 9.21 Å². The number of carbonyl (C=O) groups is 1. The van der Waals surface area contributed by atoms with Gasteiger partial charge in [-0.25, -0.2) is 0 Å².